The molecule has 0 atom stereocenters. The number of hydrogen-bond acceptors (Lipinski definition) is 0. The first-order chi connectivity index (χ1) is 5.43. The second-order valence-corrected chi connectivity index (χ2v) is 9.60. The fourth-order valence-corrected chi connectivity index (χ4v) is 3.65. The summed E-state index contributed by atoms with van der Waals surface area (Å²) >= 11 is 6.21. The molecule has 0 amide bonds. The summed E-state index contributed by atoms with van der Waals surface area (Å²) < 4.78 is 0. The van der Waals surface area contributed by atoms with Gasteiger partial charge in [0.2, 0.25) is 0 Å². The number of aryl methyl sites for hydroxylation is 1. The largest absolute Gasteiger partial charge is 0.0842 e. The number of benzene rings is 1. The van der Waals surface area contributed by atoms with Gasteiger partial charge in [-0.05, 0) is 17.7 Å². The van der Waals surface area contributed by atoms with Gasteiger partial charge in [0.15, 0.2) is 0 Å². The van der Waals surface area contributed by atoms with Crippen molar-refractivity contribution in [3.63, 3.8) is 0 Å². The lowest BCUT2D eigenvalue weighted by Gasteiger charge is -2.19. The summed E-state index contributed by atoms with van der Waals surface area (Å²) in [5.74, 6) is 0. The molecule has 0 heterocycles. The fraction of sp³-hybridized carbons (Fsp3) is 0.400. The highest BCUT2D eigenvalue weighted by Crippen LogP contribution is 2.16. The molecule has 0 aliphatic carbocycles. The maximum absolute atomic E-state index is 6.21. The highest BCUT2D eigenvalue weighted by molar-refractivity contribution is 6.90. The lowest BCUT2D eigenvalue weighted by molar-refractivity contribution is 1.48. The van der Waals surface area contributed by atoms with Crippen LogP contribution in [0, 0.1) is 6.92 Å². The third-order valence-corrected chi connectivity index (χ3v) is 4.69. The van der Waals surface area contributed by atoms with Crippen molar-refractivity contribution in [1.29, 1.82) is 0 Å². The Morgan fingerprint density at radius 2 is 1.75 bits per heavy atom. The van der Waals surface area contributed by atoms with E-state index in [0.29, 0.717) is 0 Å². The van der Waals surface area contributed by atoms with E-state index in [-0.39, 0.29) is 0 Å². The molecule has 1 aromatic rings. The Morgan fingerprint density at radius 1 is 1.17 bits per heavy atom. The lowest BCUT2D eigenvalue weighted by atomic mass is 10.2. The van der Waals surface area contributed by atoms with Crippen molar-refractivity contribution in [1.82, 2.24) is 0 Å². The van der Waals surface area contributed by atoms with Crippen molar-refractivity contribution in [2.75, 3.05) is 0 Å². The Labute approximate surface area is 80.6 Å². The molecule has 0 unspecified atom stereocenters. The molecule has 0 aromatic heterocycles. The lowest BCUT2D eigenvalue weighted by Crippen LogP contribution is -2.38. The third-order valence-electron chi connectivity index (χ3n) is 2.00. The molecule has 2 heteroatoms. The van der Waals surface area contributed by atoms with Crippen LogP contribution in [0.1, 0.15) is 5.56 Å². The zero-order valence-corrected chi connectivity index (χ0v) is 9.87. The first-order valence-corrected chi connectivity index (χ1v) is 8.06. The van der Waals surface area contributed by atoms with Crippen molar-refractivity contribution < 1.29 is 0 Å². The van der Waals surface area contributed by atoms with E-state index in [4.69, 9.17) is 11.6 Å². The summed E-state index contributed by atoms with van der Waals surface area (Å²) in [4.78, 5) is 0. The molecule has 0 fully saturated rings. The van der Waals surface area contributed by atoms with Crippen LogP contribution < -0.4 is 5.19 Å². The first kappa shape index (κ1) is 9.81. The van der Waals surface area contributed by atoms with Crippen LogP contribution in [0.25, 0.3) is 0 Å². The molecule has 12 heavy (non-hydrogen) atoms. The maximum atomic E-state index is 6.21. The Morgan fingerprint density at radius 3 is 2.17 bits per heavy atom. The number of rotatable bonds is 1. The van der Waals surface area contributed by atoms with Gasteiger partial charge in [0.25, 0.3) is 0 Å². The van der Waals surface area contributed by atoms with Gasteiger partial charge in [-0.1, -0.05) is 49.4 Å². The molecule has 0 radical (unpaired) electrons. The molecule has 0 spiro atoms. The van der Waals surface area contributed by atoms with Crippen LogP contribution in [0.2, 0.25) is 24.7 Å². The van der Waals surface area contributed by atoms with Gasteiger partial charge < -0.3 is 0 Å². The van der Waals surface area contributed by atoms with Crippen LogP contribution in [0.4, 0.5) is 0 Å². The molecular formula is C10H15ClSi. The standard InChI is InChI=1S/C10H15ClSi/c1-8-6-5-7-9(10(8)11)12(2,3)4/h5-7H,1-4H3. The highest BCUT2D eigenvalue weighted by atomic mass is 35.5. The van der Waals surface area contributed by atoms with E-state index < -0.39 is 8.07 Å². The first-order valence-electron chi connectivity index (χ1n) is 4.18. The average molecular weight is 199 g/mol. The smallest absolute Gasteiger partial charge is 0.0795 e. The summed E-state index contributed by atoms with van der Waals surface area (Å²) in [6.07, 6.45) is 0. The predicted octanol–water partition coefficient (Wildman–Crippen LogP) is 3.19. The summed E-state index contributed by atoms with van der Waals surface area (Å²) in [5, 5.41) is 2.33. The number of halogens is 1. The molecule has 66 valence electrons. The van der Waals surface area contributed by atoms with Crippen LogP contribution in [0.3, 0.4) is 0 Å². The topological polar surface area (TPSA) is 0 Å². The van der Waals surface area contributed by atoms with E-state index in [1.54, 1.807) is 0 Å². The molecule has 0 aliphatic rings. The minimum absolute atomic E-state index is 0.969. The molecular weight excluding hydrogens is 184 g/mol. The van der Waals surface area contributed by atoms with Gasteiger partial charge in [-0.25, -0.2) is 0 Å². The summed E-state index contributed by atoms with van der Waals surface area (Å²) in [6.45, 7) is 9.00. The number of hydrogen-bond donors (Lipinski definition) is 0. The van der Waals surface area contributed by atoms with E-state index in [2.05, 4.69) is 44.8 Å². The zero-order chi connectivity index (χ0) is 9.35. The second-order valence-electron chi connectivity index (χ2n) is 4.19. The van der Waals surface area contributed by atoms with Gasteiger partial charge in [0.1, 0.15) is 0 Å². The second kappa shape index (κ2) is 3.23. The monoisotopic (exact) mass is 198 g/mol. The van der Waals surface area contributed by atoms with Gasteiger partial charge >= 0.3 is 0 Å². The fourth-order valence-electron chi connectivity index (χ4n) is 1.23. The minimum Gasteiger partial charge on any atom is -0.0842 e. The van der Waals surface area contributed by atoms with Gasteiger partial charge in [-0.15, -0.1) is 0 Å². The average Bonchev–Trinajstić information content (AvgIpc) is 1.92. The van der Waals surface area contributed by atoms with Crippen LogP contribution in [-0.4, -0.2) is 8.07 Å². The summed E-state index contributed by atoms with van der Waals surface area (Å²) in [6, 6.07) is 6.31. The van der Waals surface area contributed by atoms with E-state index in [9.17, 15) is 0 Å². The van der Waals surface area contributed by atoms with E-state index in [1.165, 1.54) is 10.8 Å². The minimum atomic E-state index is -1.24. The molecule has 0 aliphatic heterocycles. The van der Waals surface area contributed by atoms with Crippen molar-refractivity contribution in [2.24, 2.45) is 0 Å². The van der Waals surface area contributed by atoms with Crippen LogP contribution in [0.15, 0.2) is 18.2 Å². The molecule has 0 N–H and O–H groups in total. The molecule has 1 rings (SSSR count). The van der Waals surface area contributed by atoms with Gasteiger partial charge in [-0.3, -0.25) is 0 Å². The Kier molecular flexibility index (Phi) is 2.64. The normalized spacial score (nSPS) is 11.8. The molecule has 0 saturated heterocycles. The Bertz CT molecular complexity index is 286. The predicted molar refractivity (Wildman–Crippen MR) is 59.2 cm³/mol. The Balaban J connectivity index is 3.26. The van der Waals surface area contributed by atoms with Crippen molar-refractivity contribution in [3.05, 3.63) is 28.8 Å². The van der Waals surface area contributed by atoms with Crippen LogP contribution in [0.5, 0.6) is 0 Å². The van der Waals surface area contributed by atoms with E-state index in [1.807, 2.05) is 0 Å². The van der Waals surface area contributed by atoms with Crippen molar-refractivity contribution in [3.8, 4) is 0 Å². The SMILES string of the molecule is Cc1cccc([Si](C)(C)C)c1Cl. The van der Waals surface area contributed by atoms with Crippen molar-refractivity contribution in [2.45, 2.75) is 26.6 Å². The quantitative estimate of drug-likeness (QED) is 0.609. The molecule has 1 aromatic carbocycles. The summed E-state index contributed by atoms with van der Waals surface area (Å²) in [7, 11) is -1.24. The maximum Gasteiger partial charge on any atom is 0.0795 e. The van der Waals surface area contributed by atoms with Gasteiger partial charge in [0.05, 0.1) is 8.07 Å². The van der Waals surface area contributed by atoms with E-state index in [0.717, 1.165) is 5.02 Å². The molecule has 0 saturated carbocycles. The molecule has 0 bridgehead atoms. The molecule has 0 nitrogen and oxygen atoms in total. The third kappa shape index (κ3) is 1.90. The van der Waals surface area contributed by atoms with Crippen LogP contribution >= 0.6 is 11.6 Å². The summed E-state index contributed by atoms with van der Waals surface area (Å²) in [5.41, 5.74) is 1.19. The van der Waals surface area contributed by atoms with E-state index >= 15 is 0 Å². The van der Waals surface area contributed by atoms with Gasteiger partial charge in [-0.2, -0.15) is 0 Å². The van der Waals surface area contributed by atoms with Gasteiger partial charge in [0, 0.05) is 5.02 Å². The van der Waals surface area contributed by atoms with Crippen LogP contribution in [-0.2, 0) is 0 Å². The van der Waals surface area contributed by atoms with Crippen molar-refractivity contribution >= 4 is 24.9 Å². The highest BCUT2D eigenvalue weighted by Gasteiger charge is 2.19. The Hall–Kier alpha value is -0.273. The zero-order valence-electron chi connectivity index (χ0n) is 8.11.